The zero-order chi connectivity index (χ0) is 26.5. The Hall–Kier alpha value is -3.20. The molecule has 0 aliphatic heterocycles. The van der Waals surface area contributed by atoms with Crippen LogP contribution in [0.1, 0.15) is 39.0 Å². The average Bonchev–Trinajstić information content (AvgIpc) is 3.70. The highest BCUT2D eigenvalue weighted by Gasteiger charge is 2.46. The molecule has 39 heavy (non-hydrogen) atoms. The number of allylic oxidation sites excluding steroid dienone is 8. The van der Waals surface area contributed by atoms with Crippen LogP contribution in [0.25, 0.3) is 0 Å². The Morgan fingerprint density at radius 1 is 0.744 bits per heavy atom. The van der Waals surface area contributed by atoms with Crippen molar-refractivity contribution < 1.29 is 4.43 Å². The van der Waals surface area contributed by atoms with Gasteiger partial charge in [0.2, 0.25) is 0 Å². The predicted molar refractivity (Wildman–Crippen MR) is 167 cm³/mol. The summed E-state index contributed by atoms with van der Waals surface area (Å²) in [6, 6.07) is 32.9. The molecule has 3 aliphatic carbocycles. The monoisotopic (exact) mass is 528 g/mol. The molecule has 0 aromatic heterocycles. The van der Waals surface area contributed by atoms with Gasteiger partial charge in [0.25, 0.3) is 8.32 Å². The standard InChI is InChI=1S/C37H40OSi/c1-37(31-17-12-13-18-31,36-27-26-30-16-11-14-25-35(30)36)28-15-29-38-39(32-19-5-2-6-20-32,33-21-7-3-8-22-33)34-23-9-4-10-24-34/h2-14,17-25,30-31,36H,15-16,26-29H2,1H3. The van der Waals surface area contributed by atoms with Crippen molar-refractivity contribution in [2.75, 3.05) is 6.61 Å². The van der Waals surface area contributed by atoms with Crippen molar-refractivity contribution >= 4 is 23.9 Å². The van der Waals surface area contributed by atoms with Gasteiger partial charge in [0.05, 0.1) is 0 Å². The summed E-state index contributed by atoms with van der Waals surface area (Å²) in [5.41, 5.74) is 1.91. The van der Waals surface area contributed by atoms with Crippen molar-refractivity contribution in [3.8, 4) is 0 Å². The first-order chi connectivity index (χ1) is 19.2. The van der Waals surface area contributed by atoms with Crippen LogP contribution in [0.15, 0.2) is 139 Å². The normalized spacial score (nSPS) is 22.0. The topological polar surface area (TPSA) is 9.23 Å². The Balaban J connectivity index is 1.30. The first-order valence-corrected chi connectivity index (χ1v) is 16.6. The molecule has 2 heteroatoms. The van der Waals surface area contributed by atoms with Crippen molar-refractivity contribution in [2.45, 2.75) is 39.0 Å². The van der Waals surface area contributed by atoms with E-state index >= 15 is 0 Å². The summed E-state index contributed by atoms with van der Waals surface area (Å²) in [5.74, 6) is 1.89. The molecular formula is C37H40OSi. The fraction of sp³-hybridized carbons (Fsp3) is 0.297. The molecule has 1 nitrogen and oxygen atoms in total. The van der Waals surface area contributed by atoms with Gasteiger partial charge in [-0.15, -0.1) is 0 Å². The number of benzene rings is 3. The Labute approximate surface area is 235 Å². The first kappa shape index (κ1) is 26.0. The van der Waals surface area contributed by atoms with Gasteiger partial charge in [-0.25, -0.2) is 0 Å². The molecule has 3 aromatic carbocycles. The average molecular weight is 529 g/mol. The van der Waals surface area contributed by atoms with E-state index in [4.69, 9.17) is 4.43 Å². The quantitative estimate of drug-likeness (QED) is 0.155. The van der Waals surface area contributed by atoms with Gasteiger partial charge in [-0.1, -0.05) is 146 Å². The van der Waals surface area contributed by atoms with E-state index < -0.39 is 8.32 Å². The van der Waals surface area contributed by atoms with Crippen LogP contribution in [0, 0.1) is 23.2 Å². The molecule has 0 saturated heterocycles. The van der Waals surface area contributed by atoms with E-state index in [1.54, 1.807) is 5.57 Å². The number of rotatable bonds is 10. The molecule has 1 fully saturated rings. The third-order valence-corrected chi connectivity index (χ3v) is 13.6. The highest BCUT2D eigenvalue weighted by molar-refractivity contribution is 7.07. The van der Waals surface area contributed by atoms with Crippen LogP contribution in [-0.4, -0.2) is 14.9 Å². The van der Waals surface area contributed by atoms with E-state index in [-0.39, 0.29) is 5.41 Å². The minimum atomic E-state index is -2.66. The van der Waals surface area contributed by atoms with Gasteiger partial charge in [0.15, 0.2) is 0 Å². The van der Waals surface area contributed by atoms with Crippen molar-refractivity contribution in [3.63, 3.8) is 0 Å². The summed E-state index contributed by atoms with van der Waals surface area (Å²) in [6.45, 7) is 3.32. The molecule has 0 spiro atoms. The summed E-state index contributed by atoms with van der Waals surface area (Å²) < 4.78 is 7.29. The molecule has 6 rings (SSSR count). The summed E-state index contributed by atoms with van der Waals surface area (Å²) in [7, 11) is -2.66. The van der Waals surface area contributed by atoms with E-state index in [9.17, 15) is 0 Å². The highest BCUT2D eigenvalue weighted by Crippen LogP contribution is 2.55. The van der Waals surface area contributed by atoms with Crippen molar-refractivity contribution in [2.24, 2.45) is 23.2 Å². The lowest BCUT2D eigenvalue weighted by molar-refractivity contribution is 0.144. The Kier molecular flexibility index (Phi) is 7.68. The van der Waals surface area contributed by atoms with Gasteiger partial charge in [-0.2, -0.15) is 0 Å². The van der Waals surface area contributed by atoms with Crippen LogP contribution in [0.5, 0.6) is 0 Å². The van der Waals surface area contributed by atoms with Crippen LogP contribution in [0.2, 0.25) is 0 Å². The fourth-order valence-electron chi connectivity index (χ4n) is 7.52. The molecular weight excluding hydrogens is 488 g/mol. The minimum Gasteiger partial charge on any atom is -0.404 e. The van der Waals surface area contributed by atoms with Gasteiger partial charge in [0.1, 0.15) is 0 Å². The molecule has 198 valence electrons. The van der Waals surface area contributed by atoms with Crippen LogP contribution in [0.3, 0.4) is 0 Å². The second-order valence-electron chi connectivity index (χ2n) is 11.7. The third kappa shape index (κ3) is 4.97. The third-order valence-electron chi connectivity index (χ3n) is 9.55. The molecule has 3 aliphatic rings. The fourth-order valence-corrected chi connectivity index (χ4v) is 11.5. The molecule has 1 saturated carbocycles. The van der Waals surface area contributed by atoms with Crippen LogP contribution in [-0.2, 0) is 4.43 Å². The predicted octanol–water partition coefficient (Wildman–Crippen LogP) is 7.11. The van der Waals surface area contributed by atoms with E-state index in [0.29, 0.717) is 11.8 Å². The summed E-state index contributed by atoms with van der Waals surface area (Å²) >= 11 is 0. The molecule has 0 radical (unpaired) electrons. The first-order valence-electron chi connectivity index (χ1n) is 14.7. The van der Waals surface area contributed by atoms with Gasteiger partial charge in [0, 0.05) is 12.5 Å². The maximum atomic E-state index is 7.29. The smallest absolute Gasteiger partial charge is 0.288 e. The number of hydrogen-bond acceptors (Lipinski definition) is 1. The molecule has 0 bridgehead atoms. The molecule has 3 atom stereocenters. The van der Waals surface area contributed by atoms with Gasteiger partial charge in [-0.3, -0.25) is 0 Å². The number of hydrogen-bond donors (Lipinski definition) is 0. The van der Waals surface area contributed by atoms with E-state index in [0.717, 1.165) is 25.4 Å². The summed E-state index contributed by atoms with van der Waals surface area (Å²) in [6.07, 6.45) is 22.5. The lowest BCUT2D eigenvalue weighted by atomic mass is 9.63. The SMILES string of the molecule is CC(CCCO[Si](c1ccccc1)(c1ccccc1)c1ccccc1)(C1C=CC=C1)C1CCC2CC=CC=C21. The largest absolute Gasteiger partial charge is 0.404 e. The Morgan fingerprint density at radius 2 is 1.31 bits per heavy atom. The maximum Gasteiger partial charge on any atom is 0.288 e. The maximum absolute atomic E-state index is 7.29. The molecule has 0 N–H and O–H groups in total. The van der Waals surface area contributed by atoms with Gasteiger partial charge < -0.3 is 4.43 Å². The van der Waals surface area contributed by atoms with E-state index in [2.05, 4.69) is 140 Å². The molecule has 3 aromatic rings. The lowest BCUT2D eigenvalue weighted by Gasteiger charge is -2.42. The van der Waals surface area contributed by atoms with Crippen molar-refractivity contribution in [1.82, 2.24) is 0 Å². The van der Waals surface area contributed by atoms with Gasteiger partial charge >= 0.3 is 0 Å². The van der Waals surface area contributed by atoms with Gasteiger partial charge in [-0.05, 0) is 64.9 Å². The zero-order valence-corrected chi connectivity index (χ0v) is 24.1. The molecule has 0 amide bonds. The minimum absolute atomic E-state index is 0.203. The van der Waals surface area contributed by atoms with Crippen molar-refractivity contribution in [1.29, 1.82) is 0 Å². The van der Waals surface area contributed by atoms with Crippen LogP contribution >= 0.6 is 0 Å². The second-order valence-corrected chi connectivity index (χ2v) is 15.1. The highest BCUT2D eigenvalue weighted by atomic mass is 28.4. The van der Waals surface area contributed by atoms with Crippen LogP contribution in [0.4, 0.5) is 0 Å². The molecule has 3 unspecified atom stereocenters. The van der Waals surface area contributed by atoms with Crippen LogP contribution < -0.4 is 15.6 Å². The number of fused-ring (bicyclic) bond motifs is 1. The summed E-state index contributed by atoms with van der Waals surface area (Å²) in [5, 5.41) is 3.93. The second kappa shape index (κ2) is 11.5. The lowest BCUT2D eigenvalue weighted by Crippen LogP contribution is -2.69. The Morgan fingerprint density at radius 3 is 1.87 bits per heavy atom. The van der Waals surface area contributed by atoms with Crippen molar-refractivity contribution in [3.05, 3.63) is 139 Å². The Bertz CT molecular complexity index is 1250. The molecule has 0 heterocycles. The van der Waals surface area contributed by atoms with E-state index in [1.165, 1.54) is 34.8 Å². The summed E-state index contributed by atoms with van der Waals surface area (Å²) in [4.78, 5) is 0. The zero-order valence-electron chi connectivity index (χ0n) is 23.1. The van der Waals surface area contributed by atoms with E-state index in [1.807, 2.05) is 0 Å².